The second kappa shape index (κ2) is 11.8. The van der Waals surface area contributed by atoms with Gasteiger partial charge in [-0.05, 0) is 75.1 Å². The van der Waals surface area contributed by atoms with Crippen LogP contribution in [-0.2, 0) is 20.0 Å². The summed E-state index contributed by atoms with van der Waals surface area (Å²) in [5.41, 5.74) is 0.504. The third-order valence-corrected chi connectivity index (χ3v) is 10.2. The van der Waals surface area contributed by atoms with E-state index in [2.05, 4.69) is 15.0 Å². The van der Waals surface area contributed by atoms with Crippen LogP contribution in [0.4, 0.5) is 5.69 Å². The Morgan fingerprint density at radius 3 is 2.47 bits per heavy atom. The monoisotopic (exact) mass is 562 g/mol. The third-order valence-electron chi connectivity index (χ3n) is 6.80. The number of benzene rings is 2. The van der Waals surface area contributed by atoms with Crippen molar-refractivity contribution in [2.24, 2.45) is 4.99 Å². The summed E-state index contributed by atoms with van der Waals surface area (Å²) in [6.45, 7) is 2.90. The van der Waals surface area contributed by atoms with Gasteiger partial charge in [-0.2, -0.15) is 4.31 Å². The Morgan fingerprint density at radius 2 is 1.76 bits per heavy atom. The minimum absolute atomic E-state index is 0.0518. The molecule has 2 aliphatic heterocycles. The van der Waals surface area contributed by atoms with Crippen LogP contribution < -0.4 is 14.8 Å². The van der Waals surface area contributed by atoms with Crippen molar-refractivity contribution in [2.75, 3.05) is 25.5 Å². The maximum atomic E-state index is 13.4. The topological polar surface area (TPSA) is 134 Å². The number of carbonyl (C=O) groups is 1. The molecule has 38 heavy (non-hydrogen) atoms. The van der Waals surface area contributed by atoms with E-state index in [1.807, 2.05) is 6.92 Å². The van der Waals surface area contributed by atoms with E-state index < -0.39 is 26.0 Å². The van der Waals surface area contributed by atoms with E-state index in [0.717, 1.165) is 38.5 Å². The van der Waals surface area contributed by atoms with E-state index in [4.69, 9.17) is 4.74 Å². The predicted molar refractivity (Wildman–Crippen MR) is 146 cm³/mol. The lowest BCUT2D eigenvalue weighted by molar-refractivity contribution is 0.102. The molecule has 0 unspecified atom stereocenters. The fourth-order valence-corrected chi connectivity index (χ4v) is 7.64. The number of amidine groups is 1. The Bertz CT molecular complexity index is 1410. The number of rotatable bonds is 7. The van der Waals surface area contributed by atoms with Crippen LogP contribution in [0.1, 0.15) is 62.2 Å². The van der Waals surface area contributed by atoms with Gasteiger partial charge in [-0.25, -0.2) is 16.8 Å². The number of methoxy groups -OCH3 is 1. The molecule has 0 saturated carbocycles. The van der Waals surface area contributed by atoms with Gasteiger partial charge < -0.3 is 10.1 Å². The summed E-state index contributed by atoms with van der Waals surface area (Å²) >= 11 is 0. The summed E-state index contributed by atoms with van der Waals surface area (Å²) in [4.78, 5) is 17.3. The van der Waals surface area contributed by atoms with Gasteiger partial charge in [0.1, 0.15) is 16.5 Å². The first kappa shape index (κ1) is 28.1. The fourth-order valence-electron chi connectivity index (χ4n) is 4.67. The molecule has 206 valence electrons. The van der Waals surface area contributed by atoms with Gasteiger partial charge in [-0.3, -0.25) is 14.5 Å². The second-order valence-corrected chi connectivity index (χ2v) is 13.1. The van der Waals surface area contributed by atoms with E-state index in [1.54, 1.807) is 0 Å². The molecule has 1 saturated heterocycles. The fraction of sp³-hybridized carbons (Fsp3) is 0.462. The molecule has 12 heteroatoms. The largest absolute Gasteiger partial charge is 0.495 e. The number of aliphatic imine (C=N–C) groups is 1. The van der Waals surface area contributed by atoms with Crippen molar-refractivity contribution in [1.82, 2.24) is 9.03 Å². The first-order valence-electron chi connectivity index (χ1n) is 12.8. The minimum atomic E-state index is -3.87. The summed E-state index contributed by atoms with van der Waals surface area (Å²) in [7, 11) is -6.28. The number of ether oxygens (including phenoxy) is 1. The zero-order valence-electron chi connectivity index (χ0n) is 21.6. The molecule has 0 bridgehead atoms. The SMILES string of the molecule is COc1ccc(C(=O)Nc2ccc(S(=O)(=O)NC3=NCCCCC3)cc2)cc1S(=O)(=O)N1CCCC[C@H]1C. The lowest BCUT2D eigenvalue weighted by atomic mass is 10.1. The molecule has 4 rings (SSSR count). The first-order valence-corrected chi connectivity index (χ1v) is 15.7. The number of carbonyl (C=O) groups excluding carboxylic acids is 1. The van der Waals surface area contributed by atoms with Gasteiger partial charge in [0, 0.05) is 36.8 Å². The lowest BCUT2D eigenvalue weighted by Gasteiger charge is -2.32. The number of hydrogen-bond acceptors (Lipinski definition) is 7. The Hall–Kier alpha value is -2.96. The Balaban J connectivity index is 1.50. The predicted octanol–water partition coefficient (Wildman–Crippen LogP) is 3.76. The average molecular weight is 563 g/mol. The number of sulfonamides is 2. The number of nitrogens with zero attached hydrogens (tertiary/aromatic N) is 2. The molecule has 0 radical (unpaired) electrons. The molecule has 10 nitrogen and oxygen atoms in total. The van der Waals surface area contributed by atoms with Gasteiger partial charge in [-0.1, -0.05) is 12.8 Å². The second-order valence-electron chi connectivity index (χ2n) is 9.55. The Morgan fingerprint density at radius 1 is 1.00 bits per heavy atom. The quantitative estimate of drug-likeness (QED) is 0.528. The van der Waals surface area contributed by atoms with Crippen molar-refractivity contribution in [3.05, 3.63) is 48.0 Å². The molecule has 1 amide bonds. The van der Waals surface area contributed by atoms with Crippen molar-refractivity contribution in [3.63, 3.8) is 0 Å². The van der Waals surface area contributed by atoms with Crippen LogP contribution in [0, 0.1) is 0 Å². The number of anilines is 1. The summed E-state index contributed by atoms with van der Waals surface area (Å²) in [5, 5.41) is 2.70. The number of hydrogen-bond donors (Lipinski definition) is 2. The Labute approximate surface area is 224 Å². The van der Waals surface area contributed by atoms with E-state index in [-0.39, 0.29) is 27.1 Å². The summed E-state index contributed by atoms with van der Waals surface area (Å²) in [5.74, 6) is 0.0982. The van der Waals surface area contributed by atoms with Crippen molar-refractivity contribution in [2.45, 2.75) is 67.7 Å². The van der Waals surface area contributed by atoms with E-state index >= 15 is 0 Å². The highest BCUT2D eigenvalue weighted by Crippen LogP contribution is 2.32. The molecule has 2 heterocycles. The zero-order valence-corrected chi connectivity index (χ0v) is 23.3. The highest BCUT2D eigenvalue weighted by Gasteiger charge is 2.33. The first-order chi connectivity index (χ1) is 18.1. The Kier molecular flexibility index (Phi) is 8.74. The molecule has 2 aromatic carbocycles. The zero-order chi connectivity index (χ0) is 27.3. The number of piperidine rings is 1. The van der Waals surface area contributed by atoms with E-state index in [1.165, 1.54) is 53.9 Å². The van der Waals surface area contributed by atoms with Crippen LogP contribution in [0.5, 0.6) is 5.75 Å². The van der Waals surface area contributed by atoms with Crippen LogP contribution in [0.2, 0.25) is 0 Å². The summed E-state index contributed by atoms with van der Waals surface area (Å²) < 4.78 is 61.7. The molecule has 0 aromatic heterocycles. The molecular weight excluding hydrogens is 528 g/mol. The van der Waals surface area contributed by atoms with Crippen LogP contribution in [0.3, 0.4) is 0 Å². The van der Waals surface area contributed by atoms with Gasteiger partial charge in [0.15, 0.2) is 0 Å². The molecule has 2 aliphatic rings. The summed E-state index contributed by atoms with van der Waals surface area (Å²) in [6, 6.07) is 9.90. The van der Waals surface area contributed by atoms with Crippen molar-refractivity contribution in [1.29, 1.82) is 0 Å². The maximum absolute atomic E-state index is 13.4. The maximum Gasteiger partial charge on any atom is 0.262 e. The summed E-state index contributed by atoms with van der Waals surface area (Å²) in [6.07, 6.45) is 5.96. The molecule has 1 atom stereocenters. The highest BCUT2D eigenvalue weighted by molar-refractivity contribution is 7.90. The normalized spacial score (nSPS) is 19.2. The van der Waals surface area contributed by atoms with Crippen LogP contribution >= 0.6 is 0 Å². The van der Waals surface area contributed by atoms with Crippen LogP contribution in [-0.4, -0.2) is 59.1 Å². The lowest BCUT2D eigenvalue weighted by Crippen LogP contribution is -2.42. The van der Waals surface area contributed by atoms with Crippen molar-refractivity contribution in [3.8, 4) is 5.75 Å². The standard InChI is InChI=1S/C26H34N4O6S2/c1-19-8-5-7-17-30(19)38(34,35)24-18-20(10-15-23(24)36-2)26(31)28-21-11-13-22(14-12-21)37(32,33)29-25-9-4-3-6-16-27-25/h10-15,18-19H,3-9,16-17H2,1-2H3,(H,27,29)(H,28,31)/t19-/m1/s1. The van der Waals surface area contributed by atoms with Crippen molar-refractivity contribution < 1.29 is 26.4 Å². The van der Waals surface area contributed by atoms with E-state index in [0.29, 0.717) is 31.0 Å². The van der Waals surface area contributed by atoms with Gasteiger partial charge in [0.25, 0.3) is 15.9 Å². The van der Waals surface area contributed by atoms with Gasteiger partial charge in [0.2, 0.25) is 10.0 Å². The van der Waals surface area contributed by atoms with Gasteiger partial charge in [-0.15, -0.1) is 0 Å². The third kappa shape index (κ3) is 6.36. The molecule has 1 fully saturated rings. The number of nitrogens with one attached hydrogen (secondary N) is 2. The van der Waals surface area contributed by atoms with Gasteiger partial charge in [0.05, 0.1) is 12.0 Å². The molecule has 0 spiro atoms. The van der Waals surface area contributed by atoms with Crippen LogP contribution in [0.15, 0.2) is 57.2 Å². The van der Waals surface area contributed by atoms with Gasteiger partial charge >= 0.3 is 0 Å². The smallest absolute Gasteiger partial charge is 0.262 e. The minimum Gasteiger partial charge on any atom is -0.495 e. The molecule has 0 aliphatic carbocycles. The number of amides is 1. The highest BCUT2D eigenvalue weighted by atomic mass is 32.2. The molecular formula is C26H34N4O6S2. The van der Waals surface area contributed by atoms with E-state index in [9.17, 15) is 21.6 Å². The molecule has 2 N–H and O–H groups in total. The van der Waals surface area contributed by atoms with Crippen molar-refractivity contribution >= 4 is 37.5 Å². The molecule has 2 aromatic rings. The van der Waals surface area contributed by atoms with Crippen LogP contribution in [0.25, 0.3) is 0 Å². The average Bonchev–Trinajstić information content (AvgIpc) is 3.17.